The lowest BCUT2D eigenvalue weighted by Gasteiger charge is -2.38. The lowest BCUT2D eigenvalue weighted by molar-refractivity contribution is -0.266. The van der Waals surface area contributed by atoms with Crippen molar-refractivity contribution in [3.05, 3.63) is 63.3 Å². The Kier molecular flexibility index (Phi) is 5.53. The number of aromatic amines is 1. The summed E-state index contributed by atoms with van der Waals surface area (Å²) in [5.41, 5.74) is -3.22. The van der Waals surface area contributed by atoms with Gasteiger partial charge in [-0.15, -0.1) is 11.3 Å². The second-order valence-electron chi connectivity index (χ2n) is 7.76. The molecular weight excluding hydrogens is 403 g/mol. The Bertz CT molecular complexity index is 1070. The Labute approximate surface area is 170 Å². The molecule has 3 aromatic rings. The van der Waals surface area contributed by atoms with E-state index < -0.39 is 30.0 Å². The predicted octanol–water partition coefficient (Wildman–Crippen LogP) is 4.80. The summed E-state index contributed by atoms with van der Waals surface area (Å²) in [5, 5.41) is 10.8. The molecular formula is C21H22F3NO3S. The third kappa shape index (κ3) is 4.18. The summed E-state index contributed by atoms with van der Waals surface area (Å²) in [6.45, 7) is 3.30. The van der Waals surface area contributed by atoms with E-state index in [1.165, 1.54) is 25.4 Å². The number of aromatic nitrogens is 1. The van der Waals surface area contributed by atoms with Gasteiger partial charge in [0.25, 0.3) is 0 Å². The third-order valence-corrected chi connectivity index (χ3v) is 6.19. The lowest BCUT2D eigenvalue weighted by Crippen LogP contribution is -2.50. The second-order valence-corrected chi connectivity index (χ2v) is 8.90. The quantitative estimate of drug-likeness (QED) is 0.596. The van der Waals surface area contributed by atoms with Crippen molar-refractivity contribution < 1.29 is 23.0 Å². The highest BCUT2D eigenvalue weighted by atomic mass is 32.1. The number of nitrogens with one attached hydrogen (secondary N) is 1. The number of benzene rings is 1. The molecule has 2 heterocycles. The summed E-state index contributed by atoms with van der Waals surface area (Å²) in [5.74, 6) is 0.467. The van der Waals surface area contributed by atoms with Gasteiger partial charge in [0.05, 0.1) is 17.3 Å². The highest BCUT2D eigenvalue weighted by Crippen LogP contribution is 2.45. The number of para-hydroxylation sites is 1. The lowest BCUT2D eigenvalue weighted by atomic mass is 9.73. The van der Waals surface area contributed by atoms with Gasteiger partial charge in [0, 0.05) is 23.6 Å². The predicted molar refractivity (Wildman–Crippen MR) is 108 cm³/mol. The number of methoxy groups -OCH3 is 1. The van der Waals surface area contributed by atoms with E-state index in [1.807, 2.05) is 0 Å². The number of hydrogen-bond donors (Lipinski definition) is 2. The van der Waals surface area contributed by atoms with E-state index >= 15 is 0 Å². The minimum atomic E-state index is -4.85. The van der Waals surface area contributed by atoms with Crippen LogP contribution in [0.1, 0.15) is 30.7 Å². The fourth-order valence-electron chi connectivity index (χ4n) is 3.68. The Hall–Kier alpha value is -2.32. The Morgan fingerprint density at radius 2 is 1.86 bits per heavy atom. The molecule has 0 fully saturated rings. The van der Waals surface area contributed by atoms with E-state index in [0.717, 1.165) is 11.3 Å². The van der Waals surface area contributed by atoms with Crippen molar-refractivity contribution in [2.75, 3.05) is 7.11 Å². The summed E-state index contributed by atoms with van der Waals surface area (Å²) in [6, 6.07) is 9.67. The summed E-state index contributed by atoms with van der Waals surface area (Å²) >= 11 is 0.968. The van der Waals surface area contributed by atoms with Gasteiger partial charge in [-0.2, -0.15) is 13.2 Å². The number of thiophene rings is 1. The average Bonchev–Trinajstić information content (AvgIpc) is 3.04. The normalized spacial score (nSPS) is 14.7. The molecule has 156 valence electrons. The summed E-state index contributed by atoms with van der Waals surface area (Å²) < 4.78 is 47.7. The van der Waals surface area contributed by atoms with Gasteiger partial charge in [0.2, 0.25) is 0 Å². The fourth-order valence-corrected chi connectivity index (χ4v) is 4.83. The number of halogens is 3. The van der Waals surface area contributed by atoms with Crippen LogP contribution in [0.15, 0.2) is 47.4 Å². The first-order chi connectivity index (χ1) is 13.5. The molecule has 0 spiro atoms. The zero-order chi connectivity index (χ0) is 21.4. The van der Waals surface area contributed by atoms with Gasteiger partial charge < -0.3 is 14.8 Å². The molecule has 0 aliphatic heterocycles. The van der Waals surface area contributed by atoms with Crippen molar-refractivity contribution in [1.29, 1.82) is 0 Å². The van der Waals surface area contributed by atoms with Crippen LogP contribution in [0, 0.1) is 0 Å². The molecule has 0 aliphatic carbocycles. The minimum absolute atomic E-state index is 0.264. The van der Waals surface area contributed by atoms with E-state index in [-0.39, 0.29) is 10.3 Å². The Balaban J connectivity index is 2.00. The highest BCUT2D eigenvalue weighted by Gasteiger charge is 2.56. The van der Waals surface area contributed by atoms with Gasteiger partial charge in [0.1, 0.15) is 5.75 Å². The van der Waals surface area contributed by atoms with Crippen molar-refractivity contribution in [3.8, 4) is 5.75 Å². The molecule has 8 heteroatoms. The molecule has 0 amide bonds. The van der Waals surface area contributed by atoms with E-state index in [2.05, 4.69) is 4.98 Å². The Morgan fingerprint density at radius 3 is 2.48 bits per heavy atom. The van der Waals surface area contributed by atoms with Gasteiger partial charge in [0.15, 0.2) is 11.0 Å². The van der Waals surface area contributed by atoms with Gasteiger partial charge in [-0.25, -0.2) is 0 Å². The molecule has 29 heavy (non-hydrogen) atoms. The molecule has 2 aromatic heterocycles. The number of pyridine rings is 1. The number of H-pyrrole nitrogens is 1. The van der Waals surface area contributed by atoms with Crippen molar-refractivity contribution in [1.82, 2.24) is 4.98 Å². The molecule has 0 saturated carbocycles. The average molecular weight is 425 g/mol. The van der Waals surface area contributed by atoms with Crippen LogP contribution in [-0.4, -0.2) is 29.0 Å². The van der Waals surface area contributed by atoms with Crippen LogP contribution in [0.5, 0.6) is 5.75 Å². The SMILES string of the molecule is COc1ccccc1C(C)(C)CC(O)(Cc1cc2[nH]ccc(=O)c2s1)C(F)(F)F. The number of hydrogen-bond acceptors (Lipinski definition) is 4. The molecule has 0 radical (unpaired) electrons. The number of ether oxygens (including phenoxy) is 1. The van der Waals surface area contributed by atoms with Crippen molar-refractivity contribution >= 4 is 21.6 Å². The monoisotopic (exact) mass is 425 g/mol. The molecule has 1 unspecified atom stereocenters. The fraction of sp³-hybridized carbons (Fsp3) is 0.381. The van der Waals surface area contributed by atoms with Crippen LogP contribution in [0.4, 0.5) is 13.2 Å². The van der Waals surface area contributed by atoms with Gasteiger partial charge in [-0.1, -0.05) is 32.0 Å². The Morgan fingerprint density at radius 1 is 1.17 bits per heavy atom. The topological polar surface area (TPSA) is 62.3 Å². The molecule has 1 atom stereocenters. The van der Waals surface area contributed by atoms with Gasteiger partial charge in [-0.3, -0.25) is 4.79 Å². The largest absolute Gasteiger partial charge is 0.496 e. The first-order valence-corrected chi connectivity index (χ1v) is 9.81. The van der Waals surface area contributed by atoms with Gasteiger partial charge >= 0.3 is 6.18 Å². The molecule has 4 nitrogen and oxygen atoms in total. The van der Waals surface area contributed by atoms with E-state index in [0.29, 0.717) is 21.5 Å². The first kappa shape index (κ1) is 21.4. The molecule has 0 bridgehead atoms. The standard InChI is InChI=1S/C21H22F3NO3S/c1-19(2,14-6-4-5-7-17(14)28-3)12-20(27,21(22,23)24)11-13-10-15-18(29-13)16(26)8-9-25-15/h4-10,27H,11-12H2,1-3H3,(H,25,26). The summed E-state index contributed by atoms with van der Waals surface area (Å²) in [4.78, 5) is 15.1. The molecule has 0 aliphatic rings. The van der Waals surface area contributed by atoms with Crippen molar-refractivity contribution in [2.24, 2.45) is 0 Å². The van der Waals surface area contributed by atoms with E-state index in [1.54, 1.807) is 38.1 Å². The zero-order valence-corrected chi connectivity index (χ0v) is 17.1. The number of rotatable bonds is 6. The summed E-state index contributed by atoms with van der Waals surface area (Å²) in [6.07, 6.45) is -4.61. The molecule has 2 N–H and O–H groups in total. The maximum absolute atomic E-state index is 14.0. The van der Waals surface area contributed by atoms with Gasteiger partial charge in [-0.05, 0) is 29.5 Å². The van der Waals surface area contributed by atoms with Crippen molar-refractivity contribution in [3.63, 3.8) is 0 Å². The third-order valence-electron chi connectivity index (χ3n) is 5.05. The molecule has 1 aromatic carbocycles. The minimum Gasteiger partial charge on any atom is -0.496 e. The summed E-state index contributed by atoms with van der Waals surface area (Å²) in [7, 11) is 1.46. The smallest absolute Gasteiger partial charge is 0.417 e. The van der Waals surface area contributed by atoms with E-state index in [4.69, 9.17) is 4.74 Å². The number of aliphatic hydroxyl groups is 1. The first-order valence-electron chi connectivity index (χ1n) is 8.99. The van der Waals surface area contributed by atoms with Crippen LogP contribution in [0.3, 0.4) is 0 Å². The highest BCUT2D eigenvalue weighted by molar-refractivity contribution is 7.18. The number of fused-ring (bicyclic) bond motifs is 1. The second kappa shape index (κ2) is 7.50. The van der Waals surface area contributed by atoms with Crippen LogP contribution in [0.2, 0.25) is 0 Å². The van der Waals surface area contributed by atoms with Crippen LogP contribution >= 0.6 is 11.3 Å². The van der Waals surface area contributed by atoms with Crippen molar-refractivity contribution in [2.45, 2.75) is 43.9 Å². The molecule has 3 rings (SSSR count). The van der Waals surface area contributed by atoms with Crippen LogP contribution in [-0.2, 0) is 11.8 Å². The van der Waals surface area contributed by atoms with E-state index in [9.17, 15) is 23.1 Å². The maximum atomic E-state index is 14.0. The number of alkyl halides is 3. The van der Waals surface area contributed by atoms with Crippen LogP contribution < -0.4 is 10.2 Å². The molecule has 0 saturated heterocycles. The maximum Gasteiger partial charge on any atom is 0.417 e. The zero-order valence-electron chi connectivity index (χ0n) is 16.3. The van der Waals surface area contributed by atoms with Crippen LogP contribution in [0.25, 0.3) is 10.2 Å².